The highest BCUT2D eigenvalue weighted by molar-refractivity contribution is 7.92. The zero-order valence-corrected chi connectivity index (χ0v) is 19.1. The molecule has 2 saturated carbocycles. The van der Waals surface area contributed by atoms with Crippen LogP contribution in [-0.2, 0) is 9.84 Å². The second kappa shape index (κ2) is 7.31. The first-order valence-corrected chi connectivity index (χ1v) is 12.8. The summed E-state index contributed by atoms with van der Waals surface area (Å²) < 4.78 is 30.8. The SMILES string of the molecule is O=C(N[C@H]1C#CC2(CC(c3nc4cc(Cl)ccc4o3)C2)C1)c1ccnc(S(=O)(=O)C2CC2)c1. The molecule has 1 aromatic carbocycles. The number of rotatable bonds is 5. The van der Waals surface area contributed by atoms with Crippen molar-refractivity contribution < 1.29 is 17.6 Å². The first-order valence-electron chi connectivity index (χ1n) is 10.9. The van der Waals surface area contributed by atoms with E-state index < -0.39 is 9.84 Å². The molecule has 33 heavy (non-hydrogen) atoms. The second-order valence-electron chi connectivity index (χ2n) is 9.18. The maximum atomic E-state index is 12.8. The summed E-state index contributed by atoms with van der Waals surface area (Å²) in [5.74, 6) is 7.01. The van der Waals surface area contributed by atoms with Crippen LogP contribution in [-0.4, -0.2) is 35.6 Å². The number of hydrogen-bond acceptors (Lipinski definition) is 6. The summed E-state index contributed by atoms with van der Waals surface area (Å²) in [6, 6.07) is 8.00. The summed E-state index contributed by atoms with van der Waals surface area (Å²) in [5, 5.41) is 3.16. The highest BCUT2D eigenvalue weighted by Gasteiger charge is 2.49. The fraction of sp³-hybridized carbons (Fsp3) is 0.375. The van der Waals surface area contributed by atoms with Gasteiger partial charge < -0.3 is 9.73 Å². The van der Waals surface area contributed by atoms with Crippen molar-refractivity contribution in [1.82, 2.24) is 15.3 Å². The number of oxazole rings is 1. The molecule has 1 amide bonds. The molecule has 3 aliphatic carbocycles. The Bertz CT molecular complexity index is 1460. The van der Waals surface area contributed by atoms with Crippen molar-refractivity contribution >= 4 is 38.4 Å². The van der Waals surface area contributed by atoms with Gasteiger partial charge in [0.05, 0.1) is 11.3 Å². The molecular weight excluding hydrogens is 462 g/mol. The minimum atomic E-state index is -3.45. The Labute approximate surface area is 195 Å². The molecular formula is C24H20ClN3O4S. The molecule has 1 spiro atoms. The monoisotopic (exact) mass is 481 g/mol. The lowest BCUT2D eigenvalue weighted by Crippen LogP contribution is -2.39. The highest BCUT2D eigenvalue weighted by Crippen LogP contribution is 2.55. The Hall–Kier alpha value is -2.89. The van der Waals surface area contributed by atoms with Gasteiger partial charge in [0, 0.05) is 28.1 Å². The maximum Gasteiger partial charge on any atom is 0.252 e. The highest BCUT2D eigenvalue weighted by atomic mass is 35.5. The lowest BCUT2D eigenvalue weighted by molar-refractivity contribution is 0.0922. The zero-order valence-electron chi connectivity index (χ0n) is 17.5. The summed E-state index contributed by atoms with van der Waals surface area (Å²) in [6.45, 7) is 0. The van der Waals surface area contributed by atoms with Crippen LogP contribution in [0.4, 0.5) is 0 Å². The van der Waals surface area contributed by atoms with Crippen molar-refractivity contribution in [3.05, 3.63) is 53.0 Å². The minimum Gasteiger partial charge on any atom is -0.440 e. The van der Waals surface area contributed by atoms with Gasteiger partial charge in [0.1, 0.15) is 5.52 Å². The number of pyridine rings is 1. The van der Waals surface area contributed by atoms with E-state index in [1.165, 1.54) is 18.3 Å². The molecule has 6 rings (SSSR count). The van der Waals surface area contributed by atoms with E-state index in [0.717, 1.165) is 23.9 Å². The van der Waals surface area contributed by atoms with Gasteiger partial charge in [-0.05, 0) is 62.4 Å². The molecule has 0 aliphatic heterocycles. The van der Waals surface area contributed by atoms with Crippen molar-refractivity contribution in [2.45, 2.75) is 54.3 Å². The molecule has 7 nitrogen and oxygen atoms in total. The van der Waals surface area contributed by atoms with Crippen molar-refractivity contribution in [2.75, 3.05) is 0 Å². The maximum absolute atomic E-state index is 12.8. The molecule has 168 valence electrons. The molecule has 1 N–H and O–H groups in total. The molecule has 2 heterocycles. The third-order valence-corrected chi connectivity index (χ3v) is 9.04. The Morgan fingerprint density at radius 3 is 2.79 bits per heavy atom. The summed E-state index contributed by atoms with van der Waals surface area (Å²) in [6.07, 6.45) is 5.02. The Kier molecular flexibility index (Phi) is 4.58. The fourth-order valence-corrected chi connectivity index (χ4v) is 6.50. The van der Waals surface area contributed by atoms with Gasteiger partial charge in [-0.15, -0.1) is 0 Å². The number of benzene rings is 1. The normalized spacial score (nSPS) is 26.1. The number of carbonyl (C=O) groups excluding carboxylic acids is 1. The molecule has 2 fully saturated rings. The van der Waals surface area contributed by atoms with E-state index >= 15 is 0 Å². The predicted molar refractivity (Wildman–Crippen MR) is 122 cm³/mol. The van der Waals surface area contributed by atoms with E-state index in [0.29, 0.717) is 30.2 Å². The van der Waals surface area contributed by atoms with Gasteiger partial charge >= 0.3 is 0 Å². The molecule has 9 heteroatoms. The molecule has 0 bridgehead atoms. The van der Waals surface area contributed by atoms with Gasteiger partial charge in [0.15, 0.2) is 26.3 Å². The van der Waals surface area contributed by atoms with Crippen LogP contribution in [0.3, 0.4) is 0 Å². The van der Waals surface area contributed by atoms with Crippen molar-refractivity contribution in [2.24, 2.45) is 5.41 Å². The van der Waals surface area contributed by atoms with Crippen LogP contribution in [0.5, 0.6) is 0 Å². The first-order chi connectivity index (χ1) is 15.8. The largest absolute Gasteiger partial charge is 0.440 e. The van der Waals surface area contributed by atoms with Crippen molar-refractivity contribution in [3.8, 4) is 11.8 Å². The number of hydrogen-bond donors (Lipinski definition) is 1. The van der Waals surface area contributed by atoms with Crippen molar-refractivity contribution in [1.29, 1.82) is 0 Å². The van der Waals surface area contributed by atoms with E-state index in [9.17, 15) is 13.2 Å². The topological polar surface area (TPSA) is 102 Å². The molecule has 3 aromatic rings. The van der Waals surface area contributed by atoms with E-state index in [1.54, 1.807) is 12.1 Å². The number of aromatic nitrogens is 2. The summed E-state index contributed by atoms with van der Waals surface area (Å²) in [4.78, 5) is 21.3. The Morgan fingerprint density at radius 1 is 1.18 bits per heavy atom. The number of fused-ring (bicyclic) bond motifs is 1. The van der Waals surface area contributed by atoms with E-state index in [4.69, 9.17) is 16.0 Å². The van der Waals surface area contributed by atoms with Gasteiger partial charge in [0.2, 0.25) is 0 Å². The Balaban J connectivity index is 1.09. The Morgan fingerprint density at radius 2 is 2.00 bits per heavy atom. The van der Waals surface area contributed by atoms with E-state index in [-0.39, 0.29) is 39.1 Å². The molecule has 3 aliphatic rings. The van der Waals surface area contributed by atoms with Gasteiger partial charge in [-0.25, -0.2) is 18.4 Å². The first kappa shape index (κ1) is 20.7. The molecule has 0 saturated heterocycles. The average Bonchev–Trinajstić information content (AvgIpc) is 3.43. The quantitative estimate of drug-likeness (QED) is 0.555. The van der Waals surface area contributed by atoms with Gasteiger partial charge in [0.25, 0.3) is 5.91 Å². The van der Waals surface area contributed by atoms with Crippen LogP contribution in [0.2, 0.25) is 5.02 Å². The smallest absolute Gasteiger partial charge is 0.252 e. The summed E-state index contributed by atoms with van der Waals surface area (Å²) >= 11 is 6.04. The van der Waals surface area contributed by atoms with E-state index in [1.807, 2.05) is 6.07 Å². The third kappa shape index (κ3) is 3.69. The zero-order chi connectivity index (χ0) is 22.8. The van der Waals surface area contributed by atoms with Crippen LogP contribution in [0.1, 0.15) is 54.3 Å². The summed E-state index contributed by atoms with van der Waals surface area (Å²) in [7, 11) is -3.45. The summed E-state index contributed by atoms with van der Waals surface area (Å²) in [5.41, 5.74) is 1.60. The van der Waals surface area contributed by atoms with Gasteiger partial charge in [-0.2, -0.15) is 0 Å². The standard InChI is InChI=1S/C24H20ClN3O4S/c25-16-1-4-20-19(10-16)28-23(32-20)15-11-24(12-15)7-5-17(13-24)27-22(29)14-6-8-26-21(9-14)33(30,31)18-2-3-18/h1,4,6,8-10,15,17-18H,2-3,11-13H2,(H,27,29)/t15?,17-,24?/m0/s1. The minimum absolute atomic E-state index is 0.0342. The van der Waals surface area contributed by atoms with Crippen LogP contribution in [0, 0.1) is 17.3 Å². The van der Waals surface area contributed by atoms with Crippen molar-refractivity contribution in [3.63, 3.8) is 0 Å². The third-order valence-electron chi connectivity index (χ3n) is 6.65. The van der Waals surface area contributed by atoms with Gasteiger partial charge in [-0.1, -0.05) is 23.4 Å². The number of halogens is 1. The molecule has 0 unspecified atom stereocenters. The lowest BCUT2D eigenvalue weighted by Gasteiger charge is -2.41. The van der Waals surface area contributed by atoms with Crippen LogP contribution in [0.25, 0.3) is 11.1 Å². The predicted octanol–water partition coefficient (Wildman–Crippen LogP) is 3.88. The number of nitrogens with zero attached hydrogens (tertiary/aromatic N) is 2. The second-order valence-corrected chi connectivity index (χ2v) is 11.8. The van der Waals surface area contributed by atoms with Crippen LogP contribution in [0.15, 0.2) is 46.0 Å². The van der Waals surface area contributed by atoms with Crippen LogP contribution >= 0.6 is 11.6 Å². The number of carbonyl (C=O) groups is 1. The molecule has 2 aromatic heterocycles. The number of sulfone groups is 1. The average molecular weight is 482 g/mol. The molecule has 0 radical (unpaired) electrons. The number of nitrogens with one attached hydrogen (secondary N) is 1. The lowest BCUT2D eigenvalue weighted by atomic mass is 9.61. The van der Waals surface area contributed by atoms with Crippen LogP contribution < -0.4 is 5.32 Å². The van der Waals surface area contributed by atoms with E-state index in [2.05, 4.69) is 27.1 Å². The number of amides is 1. The van der Waals surface area contributed by atoms with Gasteiger partial charge in [-0.3, -0.25) is 4.79 Å². The molecule has 1 atom stereocenters. The fourth-order valence-electron chi connectivity index (χ4n) is 4.74.